The summed E-state index contributed by atoms with van der Waals surface area (Å²) in [5.74, 6) is 1.97. The number of halogens is 2. The minimum atomic E-state index is 0.537. The molecule has 0 rings (SSSR count). The zero-order chi connectivity index (χ0) is 8.53. The van der Waals surface area contributed by atoms with Gasteiger partial charge in [0.25, 0.3) is 0 Å². The van der Waals surface area contributed by atoms with Crippen molar-refractivity contribution in [3.63, 3.8) is 0 Å². The summed E-state index contributed by atoms with van der Waals surface area (Å²) in [5, 5.41) is 0. The number of hydrogen-bond donors (Lipinski definition) is 0. The zero-order valence-electron chi connectivity index (χ0n) is 7.28. The van der Waals surface area contributed by atoms with Gasteiger partial charge in [-0.2, -0.15) is 0 Å². The number of hydrogen-bond acceptors (Lipinski definition) is 0. The molecule has 0 aromatic rings. The summed E-state index contributed by atoms with van der Waals surface area (Å²) in [4.78, 5) is 0. The lowest BCUT2D eigenvalue weighted by molar-refractivity contribution is 0.533. The molecule has 0 atom stereocenters. The van der Waals surface area contributed by atoms with Crippen molar-refractivity contribution in [3.05, 3.63) is 0 Å². The molecule has 0 spiro atoms. The molecule has 0 amide bonds. The summed E-state index contributed by atoms with van der Waals surface area (Å²) in [6, 6.07) is 0. The molecule has 68 valence electrons. The molecule has 0 nitrogen and oxygen atoms in total. The average Bonchev–Trinajstić information content (AvgIpc) is 2.05. The predicted octanol–water partition coefficient (Wildman–Crippen LogP) is 4.05. The van der Waals surface area contributed by atoms with Crippen LogP contribution < -0.4 is 0 Å². The van der Waals surface area contributed by atoms with Crippen LogP contribution in [0.3, 0.4) is 0 Å². The normalized spacial score (nSPS) is 10.9. The fourth-order valence-electron chi connectivity index (χ4n) is 1.06. The van der Waals surface area contributed by atoms with Crippen molar-refractivity contribution >= 4 is 23.2 Å². The Labute approximate surface area is 80.3 Å². The lowest BCUT2D eigenvalue weighted by Crippen LogP contribution is -2.03. The van der Waals surface area contributed by atoms with Gasteiger partial charge in [-0.15, -0.1) is 23.2 Å². The van der Waals surface area contributed by atoms with Crippen molar-refractivity contribution in [2.75, 3.05) is 11.8 Å². The molecular weight excluding hydrogens is 179 g/mol. The maximum Gasteiger partial charge on any atom is 0.0263 e. The van der Waals surface area contributed by atoms with Crippen LogP contribution in [0.5, 0.6) is 0 Å². The van der Waals surface area contributed by atoms with Crippen LogP contribution in [0.2, 0.25) is 0 Å². The summed E-state index contributed by atoms with van der Waals surface area (Å²) in [7, 11) is 0. The predicted molar refractivity (Wildman–Crippen MR) is 53.7 cm³/mol. The number of alkyl halides is 2. The molecule has 0 aliphatic rings. The van der Waals surface area contributed by atoms with Gasteiger partial charge in [0.2, 0.25) is 0 Å². The van der Waals surface area contributed by atoms with E-state index in [0.29, 0.717) is 5.92 Å². The molecular formula is C9H18Cl2. The third kappa shape index (κ3) is 6.96. The van der Waals surface area contributed by atoms with Gasteiger partial charge in [0.05, 0.1) is 0 Å². The maximum absolute atomic E-state index is 5.70. The van der Waals surface area contributed by atoms with Crippen molar-refractivity contribution in [1.29, 1.82) is 0 Å². The van der Waals surface area contributed by atoms with Gasteiger partial charge in [-0.3, -0.25) is 0 Å². The van der Waals surface area contributed by atoms with E-state index in [9.17, 15) is 0 Å². The number of rotatable bonds is 7. The summed E-state index contributed by atoms with van der Waals surface area (Å²) in [6.45, 7) is 2.22. The monoisotopic (exact) mass is 196 g/mol. The van der Waals surface area contributed by atoms with Gasteiger partial charge in [0.1, 0.15) is 0 Å². The molecule has 2 heteroatoms. The van der Waals surface area contributed by atoms with E-state index in [1.54, 1.807) is 0 Å². The highest BCUT2D eigenvalue weighted by Gasteiger charge is 2.03. The van der Waals surface area contributed by atoms with E-state index in [2.05, 4.69) is 6.92 Å². The molecule has 0 N–H and O–H groups in total. The van der Waals surface area contributed by atoms with Crippen LogP contribution in [0.4, 0.5) is 0 Å². The Morgan fingerprint density at radius 3 is 2.09 bits per heavy atom. The first-order chi connectivity index (χ1) is 5.35. The molecule has 0 saturated heterocycles. The molecule has 0 aliphatic carbocycles. The number of unbranched alkanes of at least 4 members (excludes halogenated alkanes) is 3. The Kier molecular flexibility index (Phi) is 9.13. The fourth-order valence-corrected chi connectivity index (χ4v) is 1.69. The van der Waals surface area contributed by atoms with Crippen LogP contribution in [-0.4, -0.2) is 11.8 Å². The van der Waals surface area contributed by atoms with Gasteiger partial charge in [-0.1, -0.05) is 32.6 Å². The molecule has 0 unspecified atom stereocenters. The molecule has 11 heavy (non-hydrogen) atoms. The molecule has 0 aliphatic heterocycles. The topological polar surface area (TPSA) is 0 Å². The Morgan fingerprint density at radius 1 is 1.00 bits per heavy atom. The van der Waals surface area contributed by atoms with E-state index in [0.717, 1.165) is 11.8 Å². The molecule has 0 fully saturated rings. The SMILES string of the molecule is CCCCCCC(CCl)CCl. The quantitative estimate of drug-likeness (QED) is 0.426. The first-order valence-corrected chi connectivity index (χ1v) is 5.54. The minimum Gasteiger partial charge on any atom is -0.126 e. The van der Waals surface area contributed by atoms with E-state index in [-0.39, 0.29) is 0 Å². The van der Waals surface area contributed by atoms with Gasteiger partial charge in [0.15, 0.2) is 0 Å². The van der Waals surface area contributed by atoms with Gasteiger partial charge in [-0.25, -0.2) is 0 Å². The zero-order valence-corrected chi connectivity index (χ0v) is 8.79. The lowest BCUT2D eigenvalue weighted by Gasteiger charge is -2.08. The molecule has 0 saturated carbocycles. The Bertz CT molecular complexity index is 70.0. The second-order valence-electron chi connectivity index (χ2n) is 3.02. The van der Waals surface area contributed by atoms with Crippen molar-refractivity contribution in [2.24, 2.45) is 5.92 Å². The molecule has 0 heterocycles. The van der Waals surface area contributed by atoms with Crippen LogP contribution in [0.15, 0.2) is 0 Å². The summed E-state index contributed by atoms with van der Waals surface area (Å²) in [5.41, 5.74) is 0. The molecule has 0 radical (unpaired) electrons. The van der Waals surface area contributed by atoms with Crippen molar-refractivity contribution in [3.8, 4) is 0 Å². The second kappa shape index (κ2) is 8.67. The summed E-state index contributed by atoms with van der Waals surface area (Å²) < 4.78 is 0. The van der Waals surface area contributed by atoms with E-state index < -0.39 is 0 Å². The minimum absolute atomic E-state index is 0.537. The van der Waals surface area contributed by atoms with Crippen molar-refractivity contribution < 1.29 is 0 Å². The highest BCUT2D eigenvalue weighted by atomic mass is 35.5. The Morgan fingerprint density at radius 2 is 1.64 bits per heavy atom. The van der Waals surface area contributed by atoms with Crippen molar-refractivity contribution in [1.82, 2.24) is 0 Å². The fraction of sp³-hybridized carbons (Fsp3) is 1.00. The van der Waals surface area contributed by atoms with Gasteiger partial charge in [0, 0.05) is 11.8 Å². The third-order valence-corrected chi connectivity index (χ3v) is 2.78. The first kappa shape index (κ1) is 11.6. The van der Waals surface area contributed by atoms with Crippen LogP contribution in [0.25, 0.3) is 0 Å². The molecule has 0 aromatic carbocycles. The van der Waals surface area contributed by atoms with Crippen LogP contribution in [-0.2, 0) is 0 Å². The van der Waals surface area contributed by atoms with Gasteiger partial charge < -0.3 is 0 Å². The van der Waals surface area contributed by atoms with E-state index >= 15 is 0 Å². The average molecular weight is 197 g/mol. The molecule has 0 aromatic heterocycles. The standard InChI is InChI=1S/C9H18Cl2/c1-2-3-4-5-6-9(7-10)8-11/h9H,2-8H2,1H3. The van der Waals surface area contributed by atoms with E-state index in [4.69, 9.17) is 23.2 Å². The smallest absolute Gasteiger partial charge is 0.0263 e. The van der Waals surface area contributed by atoms with Crippen LogP contribution in [0, 0.1) is 5.92 Å². The Balaban J connectivity index is 3.07. The van der Waals surface area contributed by atoms with Crippen molar-refractivity contribution in [2.45, 2.75) is 39.0 Å². The lowest BCUT2D eigenvalue weighted by atomic mass is 10.0. The van der Waals surface area contributed by atoms with Crippen LogP contribution >= 0.6 is 23.2 Å². The van der Waals surface area contributed by atoms with Gasteiger partial charge >= 0.3 is 0 Å². The summed E-state index contributed by atoms with van der Waals surface area (Å²) >= 11 is 11.4. The van der Waals surface area contributed by atoms with Crippen LogP contribution in [0.1, 0.15) is 39.0 Å². The third-order valence-electron chi connectivity index (χ3n) is 1.90. The Hall–Kier alpha value is 0.580. The largest absolute Gasteiger partial charge is 0.126 e. The van der Waals surface area contributed by atoms with E-state index in [1.807, 2.05) is 0 Å². The highest BCUT2D eigenvalue weighted by molar-refractivity contribution is 6.20. The maximum atomic E-state index is 5.70. The van der Waals surface area contributed by atoms with Gasteiger partial charge in [-0.05, 0) is 12.3 Å². The highest BCUT2D eigenvalue weighted by Crippen LogP contribution is 2.13. The second-order valence-corrected chi connectivity index (χ2v) is 3.64. The van der Waals surface area contributed by atoms with E-state index in [1.165, 1.54) is 32.1 Å². The summed E-state index contributed by atoms with van der Waals surface area (Å²) in [6.07, 6.45) is 6.47. The molecule has 0 bridgehead atoms. The first-order valence-electron chi connectivity index (χ1n) is 4.47.